The summed E-state index contributed by atoms with van der Waals surface area (Å²) < 4.78 is 11.2. The Labute approximate surface area is 479 Å². The molecule has 75 heavy (non-hydrogen) atoms. The van der Waals surface area contributed by atoms with Crippen LogP contribution >= 0.6 is 0 Å². The van der Waals surface area contributed by atoms with Crippen molar-refractivity contribution in [1.29, 1.82) is 0 Å². The summed E-state index contributed by atoms with van der Waals surface area (Å²) in [7, 11) is 0. The largest absolute Gasteiger partial charge is 2.00 e. The van der Waals surface area contributed by atoms with Gasteiger partial charge in [0.05, 0.1) is 12.2 Å². The molecule has 0 aromatic carbocycles. The minimum Gasteiger partial charge on any atom is -0.550 e. The molecule has 0 heterocycles. The number of esters is 2. The number of ether oxygens (including phenoxy) is 2. The van der Waals surface area contributed by atoms with Crippen LogP contribution in [0.15, 0.2) is 0 Å². The van der Waals surface area contributed by atoms with Gasteiger partial charge in [0.1, 0.15) is 0 Å². The average molecular weight is 1110 g/mol. The van der Waals surface area contributed by atoms with Crippen molar-refractivity contribution in [2.45, 2.75) is 399 Å². The fraction of sp³-hybridized carbons (Fsp3) is 0.939. The molecule has 0 aliphatic rings. The molecule has 0 saturated heterocycles. The summed E-state index contributed by atoms with van der Waals surface area (Å²) in [5.74, 6) is -1.84. The number of hydrogen-bond donors (Lipinski definition) is 0. The fourth-order valence-corrected chi connectivity index (χ4v) is 10.2. The van der Waals surface area contributed by atoms with Crippen molar-refractivity contribution in [3.05, 3.63) is 0 Å². The molecule has 0 aliphatic carbocycles. The Balaban J connectivity index is -0.00000136. The van der Waals surface area contributed by atoms with E-state index in [4.69, 9.17) is 9.47 Å². The van der Waals surface area contributed by atoms with Crippen LogP contribution < -0.4 is 10.2 Å². The van der Waals surface area contributed by atoms with Crippen LogP contribution in [0.1, 0.15) is 387 Å². The summed E-state index contributed by atoms with van der Waals surface area (Å²) in [5, 5.41) is 20.7. The fourth-order valence-electron chi connectivity index (χ4n) is 10.2. The number of carboxylic acids is 2. The van der Waals surface area contributed by atoms with Crippen molar-refractivity contribution < 1.29 is 58.3 Å². The SMILES string of the molecule is CCCCCCCCCCCCCCC(=O)OC(C)CCCCCCCCCCCCCCCC(=O)[O-].CCCCCCCCCCCCCCC(=O)OC(C)CCCCCCCCCCCCCCCC(=O)[O-].[Zn+2]. The number of hydrogen-bond acceptors (Lipinski definition) is 8. The van der Waals surface area contributed by atoms with Crippen LogP contribution in [0.3, 0.4) is 0 Å². The third-order valence-corrected chi connectivity index (χ3v) is 15.1. The molecular weight excluding hydrogens is 986 g/mol. The maximum absolute atomic E-state index is 12.1. The zero-order valence-electron chi connectivity index (χ0n) is 50.7. The van der Waals surface area contributed by atoms with Crippen molar-refractivity contribution in [3.63, 3.8) is 0 Å². The van der Waals surface area contributed by atoms with Crippen LogP contribution in [0, 0.1) is 0 Å². The smallest absolute Gasteiger partial charge is 0.550 e. The van der Waals surface area contributed by atoms with Crippen LogP contribution in [0.2, 0.25) is 0 Å². The molecular formula is C66H126O8Zn. The monoisotopic (exact) mass is 1110 g/mol. The normalized spacial score (nSPS) is 11.9. The number of unbranched alkanes of at least 4 members (excludes halogenated alkanes) is 46. The van der Waals surface area contributed by atoms with Crippen LogP contribution in [0.4, 0.5) is 0 Å². The van der Waals surface area contributed by atoms with E-state index in [0.29, 0.717) is 12.8 Å². The Morgan fingerprint density at radius 3 is 0.613 bits per heavy atom. The van der Waals surface area contributed by atoms with Gasteiger partial charge in [-0.2, -0.15) is 0 Å². The minimum absolute atomic E-state index is 0. The van der Waals surface area contributed by atoms with Crippen LogP contribution in [-0.2, 0) is 48.1 Å². The molecule has 0 saturated carbocycles. The van der Waals surface area contributed by atoms with Gasteiger partial charge in [0.2, 0.25) is 0 Å². The van der Waals surface area contributed by atoms with Gasteiger partial charge >= 0.3 is 31.4 Å². The summed E-state index contributed by atoms with van der Waals surface area (Å²) in [6.07, 6.45) is 66.8. The first kappa shape index (κ1) is 77.7. The Morgan fingerprint density at radius 1 is 0.267 bits per heavy atom. The Bertz CT molecular complexity index is 1080. The third-order valence-electron chi connectivity index (χ3n) is 15.1. The molecule has 0 N–H and O–H groups in total. The zero-order chi connectivity index (χ0) is 54.5. The number of carbonyl (C=O) groups excluding carboxylic acids is 4. The van der Waals surface area contributed by atoms with Crippen LogP contribution in [-0.4, -0.2) is 36.1 Å². The van der Waals surface area contributed by atoms with Crippen LogP contribution in [0.25, 0.3) is 0 Å². The molecule has 0 rings (SSSR count). The molecule has 8 nitrogen and oxygen atoms in total. The van der Waals surface area contributed by atoms with Gasteiger partial charge in [-0.25, -0.2) is 0 Å². The van der Waals surface area contributed by atoms with Gasteiger partial charge in [0, 0.05) is 24.8 Å². The predicted molar refractivity (Wildman–Crippen MR) is 311 cm³/mol. The van der Waals surface area contributed by atoms with Crippen molar-refractivity contribution in [1.82, 2.24) is 0 Å². The average Bonchev–Trinajstić information content (AvgIpc) is 3.37. The van der Waals surface area contributed by atoms with E-state index in [1.54, 1.807) is 0 Å². The van der Waals surface area contributed by atoms with E-state index < -0.39 is 11.9 Å². The Morgan fingerprint density at radius 2 is 0.427 bits per heavy atom. The summed E-state index contributed by atoms with van der Waals surface area (Å²) in [6, 6.07) is 0. The van der Waals surface area contributed by atoms with E-state index in [1.807, 2.05) is 13.8 Å². The van der Waals surface area contributed by atoms with Crippen molar-refractivity contribution in [3.8, 4) is 0 Å². The van der Waals surface area contributed by atoms with Crippen LogP contribution in [0.5, 0.6) is 0 Å². The quantitative estimate of drug-likeness (QED) is 0.0334. The maximum atomic E-state index is 12.1. The summed E-state index contributed by atoms with van der Waals surface area (Å²) in [6.45, 7) is 8.63. The first-order valence-corrected chi connectivity index (χ1v) is 32.9. The number of carbonyl (C=O) groups is 4. The van der Waals surface area contributed by atoms with Gasteiger partial charge < -0.3 is 29.3 Å². The molecule has 440 valence electrons. The first-order valence-electron chi connectivity index (χ1n) is 32.9. The first-order chi connectivity index (χ1) is 36.1. The van der Waals surface area contributed by atoms with E-state index in [1.165, 1.54) is 244 Å². The second-order valence-corrected chi connectivity index (χ2v) is 22.9. The molecule has 0 amide bonds. The molecule has 0 radical (unpaired) electrons. The van der Waals surface area contributed by atoms with E-state index in [9.17, 15) is 29.4 Å². The number of aliphatic carboxylic acids is 2. The minimum atomic E-state index is -0.918. The van der Waals surface area contributed by atoms with Gasteiger partial charge in [0.15, 0.2) is 0 Å². The third kappa shape index (κ3) is 72.5. The van der Waals surface area contributed by atoms with Crippen molar-refractivity contribution in [2.24, 2.45) is 0 Å². The predicted octanol–water partition coefficient (Wildman–Crippen LogP) is 19.2. The Hall–Kier alpha value is -1.50. The topological polar surface area (TPSA) is 133 Å². The second-order valence-electron chi connectivity index (χ2n) is 22.9. The summed E-state index contributed by atoms with van der Waals surface area (Å²) in [5.41, 5.74) is 0. The van der Waals surface area contributed by atoms with Gasteiger partial charge in [-0.15, -0.1) is 0 Å². The molecule has 9 heteroatoms. The standard InChI is InChI=1S/2C33H64O4.Zn/c2*1-3-4-5-6-7-8-9-15-18-21-24-27-30-33(36)37-31(2)28-25-22-19-16-13-11-10-12-14-17-20-23-26-29-32(34)35;/h2*31H,3-30H2,1-2H3,(H,34,35);/q;;+2/p-2. The Kier molecular flexibility index (Phi) is 69.2. The van der Waals surface area contributed by atoms with Crippen molar-refractivity contribution in [2.75, 3.05) is 0 Å². The molecule has 0 aromatic rings. The molecule has 2 atom stereocenters. The molecule has 0 aliphatic heterocycles. The number of carboxylic acid groups (broad SMARTS) is 2. The van der Waals surface area contributed by atoms with E-state index in [0.717, 1.165) is 89.9 Å². The number of rotatable bonds is 60. The second kappa shape index (κ2) is 66.8. The van der Waals surface area contributed by atoms with E-state index >= 15 is 0 Å². The summed E-state index contributed by atoms with van der Waals surface area (Å²) >= 11 is 0. The molecule has 0 spiro atoms. The maximum Gasteiger partial charge on any atom is 2.00 e. The molecule has 2 unspecified atom stereocenters. The van der Waals surface area contributed by atoms with Gasteiger partial charge in [0.25, 0.3) is 0 Å². The van der Waals surface area contributed by atoms with Gasteiger partial charge in [-0.1, -0.05) is 296 Å². The van der Waals surface area contributed by atoms with Gasteiger partial charge in [-0.3, -0.25) is 9.59 Å². The van der Waals surface area contributed by atoms with Crippen molar-refractivity contribution >= 4 is 23.9 Å². The van der Waals surface area contributed by atoms with E-state index in [-0.39, 0.29) is 56.5 Å². The molecule has 0 bridgehead atoms. The molecule has 0 fully saturated rings. The molecule has 0 aromatic heterocycles. The van der Waals surface area contributed by atoms with E-state index in [2.05, 4.69) is 13.8 Å². The zero-order valence-corrected chi connectivity index (χ0v) is 53.7. The van der Waals surface area contributed by atoms with Gasteiger partial charge in [-0.05, 0) is 78.1 Å². The summed E-state index contributed by atoms with van der Waals surface area (Å²) in [4.78, 5) is 44.8.